The maximum atomic E-state index is 13.9. The molecule has 3 rings (SSSR count). The Kier molecular flexibility index (Phi) is 3.87. The van der Waals surface area contributed by atoms with E-state index in [1.807, 2.05) is 6.92 Å². The third-order valence-corrected chi connectivity index (χ3v) is 6.12. The fraction of sp³-hybridized carbons (Fsp3) is 0.467. The number of halogens is 1. The SMILES string of the molecule is C[C@H]1C/C(=N\NC(=O)[C@H]2CCS(=O)(=O)C2)c2c(O)ccc(F)c21. The van der Waals surface area contributed by atoms with Crippen LogP contribution in [0.5, 0.6) is 5.75 Å². The van der Waals surface area contributed by atoms with Crippen LogP contribution >= 0.6 is 0 Å². The molecule has 2 atom stereocenters. The van der Waals surface area contributed by atoms with Gasteiger partial charge in [0, 0.05) is 11.1 Å². The Morgan fingerprint density at radius 2 is 2.17 bits per heavy atom. The Balaban J connectivity index is 1.81. The largest absolute Gasteiger partial charge is 0.507 e. The van der Waals surface area contributed by atoms with Gasteiger partial charge in [-0.25, -0.2) is 18.2 Å². The van der Waals surface area contributed by atoms with Crippen LogP contribution in [0, 0.1) is 11.7 Å². The molecule has 23 heavy (non-hydrogen) atoms. The van der Waals surface area contributed by atoms with Crippen LogP contribution in [0.4, 0.5) is 4.39 Å². The number of hydrogen-bond donors (Lipinski definition) is 2. The molecule has 0 saturated carbocycles. The fourth-order valence-corrected chi connectivity index (χ4v) is 4.92. The molecule has 0 bridgehead atoms. The highest BCUT2D eigenvalue weighted by Crippen LogP contribution is 2.39. The zero-order valence-corrected chi connectivity index (χ0v) is 13.4. The normalized spacial score (nSPS) is 27.1. The van der Waals surface area contributed by atoms with Crippen molar-refractivity contribution in [3.05, 3.63) is 29.1 Å². The average molecular weight is 340 g/mol. The maximum Gasteiger partial charge on any atom is 0.244 e. The second kappa shape index (κ2) is 5.59. The maximum absolute atomic E-state index is 13.9. The fourth-order valence-electron chi connectivity index (χ4n) is 3.18. The van der Waals surface area contributed by atoms with Crippen molar-refractivity contribution in [1.82, 2.24) is 5.43 Å². The van der Waals surface area contributed by atoms with E-state index in [-0.39, 0.29) is 29.6 Å². The van der Waals surface area contributed by atoms with Crippen LogP contribution in [0.1, 0.15) is 36.8 Å². The molecule has 1 aliphatic carbocycles. The van der Waals surface area contributed by atoms with Crippen molar-refractivity contribution in [2.45, 2.75) is 25.7 Å². The molecule has 1 aromatic rings. The smallest absolute Gasteiger partial charge is 0.244 e. The number of nitrogens with zero attached hydrogens (tertiary/aromatic N) is 1. The van der Waals surface area contributed by atoms with Gasteiger partial charge in [-0.1, -0.05) is 6.92 Å². The first-order valence-electron chi connectivity index (χ1n) is 7.37. The number of hydrogen-bond acceptors (Lipinski definition) is 5. The molecule has 1 heterocycles. The summed E-state index contributed by atoms with van der Waals surface area (Å²) in [7, 11) is -3.15. The number of phenolic OH excluding ortho intramolecular Hbond substituents is 1. The minimum Gasteiger partial charge on any atom is -0.507 e. The molecule has 2 N–H and O–H groups in total. The predicted molar refractivity (Wildman–Crippen MR) is 82.5 cm³/mol. The van der Waals surface area contributed by atoms with Gasteiger partial charge in [-0.05, 0) is 30.9 Å². The molecule has 8 heteroatoms. The molecule has 1 aromatic carbocycles. The number of amides is 1. The lowest BCUT2D eigenvalue weighted by atomic mass is 10.0. The van der Waals surface area contributed by atoms with Gasteiger partial charge in [-0.3, -0.25) is 4.79 Å². The van der Waals surface area contributed by atoms with E-state index < -0.39 is 27.5 Å². The number of hydrazone groups is 1. The summed E-state index contributed by atoms with van der Waals surface area (Å²) in [6, 6.07) is 2.46. The number of phenols is 1. The van der Waals surface area contributed by atoms with Crippen LogP contribution in [0.25, 0.3) is 0 Å². The topological polar surface area (TPSA) is 95.8 Å². The van der Waals surface area contributed by atoms with Crippen LogP contribution < -0.4 is 5.43 Å². The summed E-state index contributed by atoms with van der Waals surface area (Å²) in [4.78, 5) is 12.0. The monoisotopic (exact) mass is 340 g/mol. The van der Waals surface area contributed by atoms with Gasteiger partial charge >= 0.3 is 0 Å². The van der Waals surface area contributed by atoms with Gasteiger partial charge < -0.3 is 5.11 Å². The Bertz CT molecular complexity index is 804. The average Bonchev–Trinajstić information content (AvgIpc) is 3.01. The molecular formula is C15H17FN2O4S. The van der Waals surface area contributed by atoms with Crippen molar-refractivity contribution in [1.29, 1.82) is 0 Å². The molecule has 1 fully saturated rings. The van der Waals surface area contributed by atoms with E-state index in [1.54, 1.807) is 0 Å². The quantitative estimate of drug-likeness (QED) is 0.793. The van der Waals surface area contributed by atoms with Crippen molar-refractivity contribution in [2.75, 3.05) is 11.5 Å². The standard InChI is InChI=1S/C15H17FN2O4S/c1-8-6-11(14-12(19)3-2-10(16)13(8)14)17-18-15(20)9-4-5-23(21,22)7-9/h2-3,8-9,19H,4-7H2,1H3,(H,18,20)/b17-11+/t8-,9-/m0/s1. The van der Waals surface area contributed by atoms with E-state index in [1.165, 1.54) is 12.1 Å². The predicted octanol–water partition coefficient (Wildman–Crippen LogP) is 1.29. The van der Waals surface area contributed by atoms with Crippen molar-refractivity contribution < 1.29 is 22.7 Å². The number of aromatic hydroxyl groups is 1. The first-order chi connectivity index (χ1) is 10.8. The summed E-state index contributed by atoms with van der Waals surface area (Å²) in [6.07, 6.45) is 0.680. The van der Waals surface area contributed by atoms with Gasteiger partial charge in [0.05, 0.1) is 23.1 Å². The van der Waals surface area contributed by atoms with E-state index in [2.05, 4.69) is 10.5 Å². The zero-order chi connectivity index (χ0) is 16.8. The van der Waals surface area contributed by atoms with E-state index in [0.29, 0.717) is 23.3 Å². The molecule has 0 aromatic heterocycles. The highest BCUT2D eigenvalue weighted by molar-refractivity contribution is 7.91. The first-order valence-corrected chi connectivity index (χ1v) is 9.19. The van der Waals surface area contributed by atoms with Crippen molar-refractivity contribution in [2.24, 2.45) is 11.0 Å². The lowest BCUT2D eigenvalue weighted by Gasteiger charge is -2.08. The number of sulfone groups is 1. The van der Waals surface area contributed by atoms with E-state index in [9.17, 15) is 22.7 Å². The van der Waals surface area contributed by atoms with Crippen molar-refractivity contribution in [3.8, 4) is 5.75 Å². The summed E-state index contributed by atoms with van der Waals surface area (Å²) in [6.45, 7) is 1.81. The van der Waals surface area contributed by atoms with Crippen LogP contribution in [0.2, 0.25) is 0 Å². The molecule has 0 radical (unpaired) electrons. The molecule has 0 spiro atoms. The molecule has 124 valence electrons. The van der Waals surface area contributed by atoms with Crippen LogP contribution in [0.15, 0.2) is 17.2 Å². The molecule has 0 unspecified atom stereocenters. The highest BCUT2D eigenvalue weighted by Gasteiger charge is 2.34. The molecular weight excluding hydrogens is 323 g/mol. The second-order valence-corrected chi connectivity index (χ2v) is 8.32. The van der Waals surface area contributed by atoms with Gasteiger partial charge in [0.2, 0.25) is 5.91 Å². The van der Waals surface area contributed by atoms with Crippen LogP contribution in [0.3, 0.4) is 0 Å². The Morgan fingerprint density at radius 3 is 2.83 bits per heavy atom. The summed E-state index contributed by atoms with van der Waals surface area (Å²) in [5.41, 5.74) is 3.47. The van der Waals surface area contributed by atoms with Gasteiger partial charge in [0.1, 0.15) is 11.6 Å². The Hall–Kier alpha value is -1.96. The minimum absolute atomic E-state index is 0.00747. The van der Waals surface area contributed by atoms with Crippen LogP contribution in [-0.4, -0.2) is 36.6 Å². The summed E-state index contributed by atoms with van der Waals surface area (Å²) >= 11 is 0. The molecule has 2 aliphatic rings. The number of carbonyl (C=O) groups is 1. The van der Waals surface area contributed by atoms with Gasteiger partial charge in [-0.15, -0.1) is 0 Å². The minimum atomic E-state index is -3.15. The van der Waals surface area contributed by atoms with Gasteiger partial charge in [-0.2, -0.15) is 5.10 Å². The number of benzene rings is 1. The summed E-state index contributed by atoms with van der Waals surface area (Å²) in [5, 5.41) is 14.0. The number of rotatable bonds is 2. The Labute approximate surface area is 133 Å². The Morgan fingerprint density at radius 1 is 1.43 bits per heavy atom. The molecule has 1 amide bonds. The number of carbonyl (C=O) groups excluding carboxylic acids is 1. The van der Waals surface area contributed by atoms with E-state index in [0.717, 1.165) is 0 Å². The lowest BCUT2D eigenvalue weighted by Crippen LogP contribution is -2.28. The first kappa shape index (κ1) is 15.9. The third-order valence-electron chi connectivity index (χ3n) is 4.36. The second-order valence-electron chi connectivity index (χ2n) is 6.09. The summed E-state index contributed by atoms with van der Waals surface area (Å²) in [5.74, 6) is -1.88. The zero-order valence-electron chi connectivity index (χ0n) is 12.5. The number of nitrogens with one attached hydrogen (secondary N) is 1. The molecule has 1 saturated heterocycles. The summed E-state index contributed by atoms with van der Waals surface area (Å²) < 4.78 is 36.7. The van der Waals surface area contributed by atoms with E-state index in [4.69, 9.17) is 0 Å². The molecule has 6 nitrogen and oxygen atoms in total. The lowest BCUT2D eigenvalue weighted by molar-refractivity contribution is -0.124. The number of fused-ring (bicyclic) bond motifs is 1. The van der Waals surface area contributed by atoms with Crippen LogP contribution in [-0.2, 0) is 14.6 Å². The van der Waals surface area contributed by atoms with Gasteiger partial charge in [0.25, 0.3) is 0 Å². The molecule has 1 aliphatic heterocycles. The van der Waals surface area contributed by atoms with Crippen molar-refractivity contribution >= 4 is 21.5 Å². The highest BCUT2D eigenvalue weighted by atomic mass is 32.2. The third kappa shape index (κ3) is 2.95. The van der Waals surface area contributed by atoms with Crippen molar-refractivity contribution in [3.63, 3.8) is 0 Å². The van der Waals surface area contributed by atoms with E-state index >= 15 is 0 Å². The van der Waals surface area contributed by atoms with Gasteiger partial charge in [0.15, 0.2) is 9.84 Å².